The van der Waals surface area contributed by atoms with E-state index in [1.807, 2.05) is 48.3 Å². The van der Waals surface area contributed by atoms with Crippen molar-refractivity contribution in [1.82, 2.24) is 35.6 Å². The molecule has 0 amide bonds. The first-order valence-corrected chi connectivity index (χ1v) is 9.16. The van der Waals surface area contributed by atoms with Gasteiger partial charge in [-0.15, -0.1) is 5.10 Å². The van der Waals surface area contributed by atoms with Crippen molar-refractivity contribution >= 4 is 22.7 Å². The van der Waals surface area contributed by atoms with E-state index in [1.165, 1.54) is 12.1 Å². The van der Waals surface area contributed by atoms with Crippen molar-refractivity contribution in [1.29, 1.82) is 0 Å². The van der Waals surface area contributed by atoms with Crippen molar-refractivity contribution in [2.24, 2.45) is 0 Å². The summed E-state index contributed by atoms with van der Waals surface area (Å²) in [6.45, 7) is 0. The van der Waals surface area contributed by atoms with Gasteiger partial charge in [-0.25, -0.2) is 24.4 Å². The number of fused-ring (bicyclic) bond motifs is 1. The van der Waals surface area contributed by atoms with Crippen LogP contribution in [0.3, 0.4) is 0 Å². The summed E-state index contributed by atoms with van der Waals surface area (Å²) >= 11 is 0. The van der Waals surface area contributed by atoms with Gasteiger partial charge in [0.2, 0.25) is 0 Å². The van der Waals surface area contributed by atoms with Crippen molar-refractivity contribution in [2.75, 3.05) is 11.9 Å². The average Bonchev–Trinajstić information content (AvgIpc) is 3.33. The Morgan fingerprint density at radius 1 is 0.867 bits per heavy atom. The lowest BCUT2D eigenvalue weighted by atomic mass is 10.1. The minimum atomic E-state index is -0.308. The van der Waals surface area contributed by atoms with E-state index in [2.05, 4.69) is 25.6 Å². The zero-order valence-electron chi connectivity index (χ0n) is 15.9. The molecule has 30 heavy (non-hydrogen) atoms. The fourth-order valence-electron chi connectivity index (χ4n) is 3.14. The van der Waals surface area contributed by atoms with Crippen LogP contribution in [0.1, 0.15) is 0 Å². The van der Waals surface area contributed by atoms with Gasteiger partial charge in [-0.2, -0.15) is 0 Å². The summed E-state index contributed by atoms with van der Waals surface area (Å²) in [6, 6.07) is 19.6. The maximum atomic E-state index is 13.5. The van der Waals surface area contributed by atoms with Gasteiger partial charge in [0, 0.05) is 18.3 Å². The minimum absolute atomic E-state index is 0.308. The van der Waals surface area contributed by atoms with Gasteiger partial charge in [-0.1, -0.05) is 18.2 Å². The van der Waals surface area contributed by atoms with E-state index in [-0.39, 0.29) is 5.82 Å². The molecule has 0 unspecified atom stereocenters. The number of hydrogen-bond donors (Lipinski definition) is 1. The second kappa shape index (κ2) is 7.28. The molecule has 9 heteroatoms. The molecule has 0 saturated carbocycles. The normalized spacial score (nSPS) is 11.0. The molecule has 146 valence electrons. The van der Waals surface area contributed by atoms with Crippen LogP contribution in [0, 0.1) is 5.82 Å². The summed E-state index contributed by atoms with van der Waals surface area (Å²) in [5.74, 6) is 0.734. The molecular weight excluding hydrogens is 383 g/mol. The summed E-state index contributed by atoms with van der Waals surface area (Å²) in [7, 11) is 1.91. The second-order valence-corrected chi connectivity index (χ2v) is 6.59. The number of anilines is 2. The van der Waals surface area contributed by atoms with Crippen molar-refractivity contribution in [3.63, 3.8) is 0 Å². The summed E-state index contributed by atoms with van der Waals surface area (Å²) in [4.78, 5) is 16.1. The number of tetrazole rings is 1. The molecule has 0 bridgehead atoms. The Balaban J connectivity index is 1.72. The third-order valence-electron chi connectivity index (χ3n) is 4.68. The molecule has 0 saturated heterocycles. The molecule has 1 N–H and O–H groups in total. The van der Waals surface area contributed by atoms with Crippen LogP contribution in [0.2, 0.25) is 0 Å². The van der Waals surface area contributed by atoms with Crippen LogP contribution in [-0.2, 0) is 0 Å². The van der Waals surface area contributed by atoms with E-state index in [0.717, 1.165) is 11.3 Å². The lowest BCUT2D eigenvalue weighted by Crippen LogP contribution is -2.14. The molecular formula is C21H15FN8. The first-order chi connectivity index (χ1) is 14.7. The van der Waals surface area contributed by atoms with Crippen LogP contribution < -0.4 is 4.90 Å². The van der Waals surface area contributed by atoms with Crippen LogP contribution >= 0.6 is 0 Å². The van der Waals surface area contributed by atoms with Crippen molar-refractivity contribution in [2.45, 2.75) is 0 Å². The maximum Gasteiger partial charge on any atom is 0.198 e. The largest absolute Gasteiger partial charge is 0.328 e. The molecule has 0 spiro atoms. The van der Waals surface area contributed by atoms with Crippen LogP contribution in [0.4, 0.5) is 15.9 Å². The smallest absolute Gasteiger partial charge is 0.198 e. The molecule has 3 heterocycles. The number of aromatic amines is 1. The molecule has 5 aromatic rings. The number of halogens is 1. The number of hydrogen-bond acceptors (Lipinski definition) is 7. The Bertz CT molecular complexity index is 1300. The summed E-state index contributed by atoms with van der Waals surface area (Å²) in [5, 5.41) is 13.8. The predicted molar refractivity (Wildman–Crippen MR) is 110 cm³/mol. The fourth-order valence-corrected chi connectivity index (χ4v) is 3.14. The van der Waals surface area contributed by atoms with Crippen LogP contribution in [0.5, 0.6) is 0 Å². The molecule has 0 fully saturated rings. The highest BCUT2D eigenvalue weighted by Gasteiger charge is 2.18. The molecule has 2 aromatic carbocycles. The van der Waals surface area contributed by atoms with Gasteiger partial charge in [0.05, 0.1) is 0 Å². The number of nitrogens with one attached hydrogen (secondary N) is 1. The third kappa shape index (κ3) is 3.22. The number of rotatable bonds is 4. The quantitative estimate of drug-likeness (QED) is 0.492. The lowest BCUT2D eigenvalue weighted by molar-refractivity contribution is 0.628. The topological polar surface area (TPSA) is 96.4 Å². The van der Waals surface area contributed by atoms with Gasteiger partial charge >= 0.3 is 0 Å². The Kier molecular flexibility index (Phi) is 4.32. The second-order valence-electron chi connectivity index (χ2n) is 6.59. The molecule has 8 nitrogen and oxygen atoms in total. The number of aromatic nitrogens is 7. The number of pyridine rings is 1. The highest BCUT2D eigenvalue weighted by atomic mass is 19.1. The summed E-state index contributed by atoms with van der Waals surface area (Å²) in [5.41, 5.74) is 3.94. The van der Waals surface area contributed by atoms with E-state index in [0.29, 0.717) is 34.2 Å². The first kappa shape index (κ1) is 17.8. The van der Waals surface area contributed by atoms with Crippen LogP contribution in [0.25, 0.3) is 33.9 Å². The number of para-hydroxylation sites is 1. The highest BCUT2D eigenvalue weighted by Crippen LogP contribution is 2.33. The molecule has 3 aromatic heterocycles. The zero-order valence-corrected chi connectivity index (χ0v) is 15.9. The SMILES string of the molecule is CN(c1ccccc1)c1nc2nc(-c3nnn[nH]3)ccc2nc1-c1ccc(F)cc1. The van der Waals surface area contributed by atoms with Gasteiger partial charge in [-0.3, -0.25) is 0 Å². The minimum Gasteiger partial charge on any atom is -0.328 e. The van der Waals surface area contributed by atoms with Gasteiger partial charge in [0.25, 0.3) is 0 Å². The molecule has 0 atom stereocenters. The third-order valence-corrected chi connectivity index (χ3v) is 4.68. The van der Waals surface area contributed by atoms with Gasteiger partial charge in [-0.05, 0) is 59.0 Å². The van der Waals surface area contributed by atoms with Crippen molar-refractivity contribution in [3.05, 3.63) is 72.5 Å². The Hall–Kier alpha value is -4.27. The molecule has 0 aliphatic heterocycles. The Morgan fingerprint density at radius 2 is 1.67 bits per heavy atom. The Morgan fingerprint density at radius 3 is 2.40 bits per heavy atom. The van der Waals surface area contributed by atoms with E-state index in [1.54, 1.807) is 18.2 Å². The maximum absolute atomic E-state index is 13.5. The van der Waals surface area contributed by atoms with Crippen molar-refractivity contribution in [3.8, 4) is 22.8 Å². The van der Waals surface area contributed by atoms with Crippen LogP contribution in [-0.4, -0.2) is 42.6 Å². The number of H-pyrrole nitrogens is 1. The number of benzene rings is 2. The standard InChI is InChI=1S/C21H15FN8/c1-30(15-5-3-2-4-6-15)21-18(13-7-9-14(22)10-8-13)23-16-11-12-17(24-19(16)25-21)20-26-28-29-27-20/h2-12H,1H3,(H,26,27,28,29). The van der Waals surface area contributed by atoms with E-state index < -0.39 is 0 Å². The van der Waals surface area contributed by atoms with E-state index in [4.69, 9.17) is 9.97 Å². The molecule has 5 rings (SSSR count). The van der Waals surface area contributed by atoms with Gasteiger partial charge in [0.1, 0.15) is 22.7 Å². The van der Waals surface area contributed by atoms with Crippen molar-refractivity contribution < 1.29 is 4.39 Å². The lowest BCUT2D eigenvalue weighted by Gasteiger charge is -2.21. The molecule has 0 aliphatic carbocycles. The van der Waals surface area contributed by atoms with E-state index in [9.17, 15) is 4.39 Å². The fraction of sp³-hybridized carbons (Fsp3) is 0.0476. The van der Waals surface area contributed by atoms with Gasteiger partial charge < -0.3 is 4.90 Å². The highest BCUT2D eigenvalue weighted by molar-refractivity contribution is 5.84. The zero-order chi connectivity index (χ0) is 20.5. The first-order valence-electron chi connectivity index (χ1n) is 9.16. The summed E-state index contributed by atoms with van der Waals surface area (Å²) in [6.07, 6.45) is 0. The van der Waals surface area contributed by atoms with E-state index >= 15 is 0 Å². The molecule has 0 radical (unpaired) electrons. The van der Waals surface area contributed by atoms with Crippen LogP contribution in [0.15, 0.2) is 66.7 Å². The summed E-state index contributed by atoms with van der Waals surface area (Å²) < 4.78 is 13.5. The number of nitrogens with zero attached hydrogens (tertiary/aromatic N) is 7. The molecule has 0 aliphatic rings. The predicted octanol–water partition coefficient (Wildman–Crippen LogP) is 3.78. The monoisotopic (exact) mass is 398 g/mol. The average molecular weight is 398 g/mol. The van der Waals surface area contributed by atoms with Gasteiger partial charge in [0.15, 0.2) is 17.3 Å². The Labute approximate surface area is 170 Å².